The predicted molar refractivity (Wildman–Crippen MR) is 186 cm³/mol. The van der Waals surface area contributed by atoms with E-state index < -0.39 is 47.4 Å². The molecule has 0 unspecified atom stereocenters. The molecule has 2 aliphatic heterocycles. The van der Waals surface area contributed by atoms with Crippen molar-refractivity contribution in [3.63, 3.8) is 0 Å². The largest absolute Gasteiger partial charge is 0.495 e. The van der Waals surface area contributed by atoms with Gasteiger partial charge in [-0.15, -0.1) is 11.6 Å². The lowest BCUT2D eigenvalue weighted by Crippen LogP contribution is -2.51. The number of nitrogens with one attached hydrogen (secondary N) is 2. The first-order valence-corrected chi connectivity index (χ1v) is 17.4. The van der Waals surface area contributed by atoms with Crippen LogP contribution in [-0.2, 0) is 45.7 Å². The van der Waals surface area contributed by atoms with Crippen molar-refractivity contribution in [2.75, 3.05) is 13.7 Å². The molecule has 2 aromatic carbocycles. The van der Waals surface area contributed by atoms with E-state index in [0.717, 1.165) is 11.1 Å². The molecule has 0 aliphatic carbocycles. The third-order valence-corrected chi connectivity index (χ3v) is 9.35. The molecular weight excluding hydrogens is 671 g/mol. The van der Waals surface area contributed by atoms with Crippen LogP contribution in [0.4, 0.5) is 0 Å². The number of ether oxygens (including phenoxy) is 4. The molecule has 0 radical (unpaired) electrons. The summed E-state index contributed by atoms with van der Waals surface area (Å²) >= 11 is 12.3. The molecular formula is C37H46Cl2N2O8. The molecule has 49 heavy (non-hydrogen) atoms. The molecule has 4 rings (SSSR count). The molecule has 2 aliphatic rings. The summed E-state index contributed by atoms with van der Waals surface area (Å²) in [6.07, 6.45) is 1.17. The minimum absolute atomic E-state index is 0.0116. The van der Waals surface area contributed by atoms with Crippen LogP contribution in [0.3, 0.4) is 0 Å². The van der Waals surface area contributed by atoms with Gasteiger partial charge in [0.2, 0.25) is 11.8 Å². The van der Waals surface area contributed by atoms with Crippen molar-refractivity contribution in [2.24, 2.45) is 17.3 Å². The van der Waals surface area contributed by atoms with Gasteiger partial charge < -0.3 is 29.6 Å². The van der Waals surface area contributed by atoms with Crippen molar-refractivity contribution < 1.29 is 38.1 Å². The van der Waals surface area contributed by atoms with Gasteiger partial charge in [-0.05, 0) is 61.1 Å². The number of amides is 2. The van der Waals surface area contributed by atoms with Gasteiger partial charge in [-0.25, -0.2) is 4.79 Å². The van der Waals surface area contributed by atoms with Crippen molar-refractivity contribution in [2.45, 2.75) is 90.2 Å². The molecule has 0 aromatic heterocycles. The lowest BCUT2D eigenvalue weighted by molar-refractivity contribution is -0.179. The van der Waals surface area contributed by atoms with Crippen LogP contribution < -0.4 is 15.4 Å². The standard InChI is InChI=1S/C37H46Cl2N2O8/c1-21(2)16-30-35(44)47-28(22(3)32-33(49-32)25-13-10-23(19-38)11-14-25)8-7-9-31(42)41-27(18-24-12-15-29(46-6)26(39)17-24)34(43)40-20-37(4,5)36(45)48-30/h7,9-15,17,21-22,27-28,30,32-33H,8,16,18-20H2,1-6H3,(H,40,43)(H,41,42)/b9-7+/t22-,27+,28-,30-,32-,33+/m0/s1. The topological polar surface area (TPSA) is 133 Å². The third kappa shape index (κ3) is 10.4. The molecule has 0 bridgehead atoms. The highest BCUT2D eigenvalue weighted by Crippen LogP contribution is 2.45. The summed E-state index contributed by atoms with van der Waals surface area (Å²) in [5.41, 5.74) is 1.46. The van der Waals surface area contributed by atoms with Gasteiger partial charge in [-0.3, -0.25) is 14.4 Å². The molecule has 2 aromatic rings. The molecule has 0 saturated carbocycles. The zero-order valence-corrected chi connectivity index (χ0v) is 30.3. The number of alkyl halides is 1. The van der Waals surface area contributed by atoms with Gasteiger partial charge in [0.15, 0.2) is 6.10 Å². The summed E-state index contributed by atoms with van der Waals surface area (Å²) in [4.78, 5) is 53.7. The van der Waals surface area contributed by atoms with Gasteiger partial charge in [0.25, 0.3) is 0 Å². The molecule has 10 nitrogen and oxygen atoms in total. The fourth-order valence-electron chi connectivity index (χ4n) is 5.62. The van der Waals surface area contributed by atoms with Crippen molar-refractivity contribution in [1.29, 1.82) is 0 Å². The molecule has 266 valence electrons. The van der Waals surface area contributed by atoms with E-state index in [2.05, 4.69) is 10.6 Å². The van der Waals surface area contributed by atoms with Crippen LogP contribution in [-0.4, -0.2) is 61.8 Å². The number of methoxy groups -OCH3 is 1. The highest BCUT2D eigenvalue weighted by molar-refractivity contribution is 6.32. The number of halogens is 2. The van der Waals surface area contributed by atoms with Crippen LogP contribution in [0.2, 0.25) is 5.02 Å². The van der Waals surface area contributed by atoms with E-state index in [1.54, 1.807) is 38.1 Å². The summed E-state index contributed by atoms with van der Waals surface area (Å²) in [7, 11) is 1.50. The first-order valence-electron chi connectivity index (χ1n) is 16.5. The average molecular weight is 718 g/mol. The van der Waals surface area contributed by atoms with E-state index in [9.17, 15) is 19.2 Å². The Bertz CT molecular complexity index is 1530. The number of epoxide rings is 1. The zero-order valence-electron chi connectivity index (χ0n) is 28.8. The van der Waals surface area contributed by atoms with Crippen molar-refractivity contribution in [3.8, 4) is 5.75 Å². The Balaban J connectivity index is 1.60. The molecule has 1 saturated heterocycles. The van der Waals surface area contributed by atoms with E-state index in [0.29, 0.717) is 22.2 Å². The van der Waals surface area contributed by atoms with Gasteiger partial charge in [-0.2, -0.15) is 0 Å². The molecule has 2 amide bonds. The summed E-state index contributed by atoms with van der Waals surface area (Å²) < 4.78 is 23.1. The lowest BCUT2D eigenvalue weighted by Gasteiger charge is -2.29. The third-order valence-electron chi connectivity index (χ3n) is 8.74. The van der Waals surface area contributed by atoms with Gasteiger partial charge in [0, 0.05) is 31.2 Å². The van der Waals surface area contributed by atoms with E-state index in [1.165, 1.54) is 13.2 Å². The van der Waals surface area contributed by atoms with Crippen molar-refractivity contribution in [1.82, 2.24) is 10.6 Å². The van der Waals surface area contributed by atoms with Crippen LogP contribution in [0.1, 0.15) is 70.3 Å². The molecule has 2 N–H and O–H groups in total. The highest BCUT2D eigenvalue weighted by atomic mass is 35.5. The maximum atomic E-state index is 13.6. The Morgan fingerprint density at radius 1 is 1.00 bits per heavy atom. The number of benzene rings is 2. The Labute approximate surface area is 298 Å². The summed E-state index contributed by atoms with van der Waals surface area (Å²) in [5.74, 6) is -1.73. The SMILES string of the molecule is COc1ccc(C[C@H]2NC(=O)/C=C/C[C@@H]([C@H](C)[C@@H]3O[C@@H]3c3ccc(CCl)cc3)OC(=O)[C@H](CC(C)C)OC(=O)C(C)(C)CNC2=O)cc1Cl. The monoisotopic (exact) mass is 716 g/mol. The summed E-state index contributed by atoms with van der Waals surface area (Å²) in [6.45, 7) is 8.89. The number of cyclic esters (lactones) is 2. The second-order valence-electron chi connectivity index (χ2n) is 13.7. The van der Waals surface area contributed by atoms with Gasteiger partial charge >= 0.3 is 11.9 Å². The van der Waals surface area contributed by atoms with Crippen LogP contribution in [0, 0.1) is 17.3 Å². The fourth-order valence-corrected chi connectivity index (χ4v) is 6.08. The first kappa shape index (κ1) is 38.2. The lowest BCUT2D eigenvalue weighted by atomic mass is 9.92. The molecule has 6 atom stereocenters. The quantitative estimate of drug-likeness (QED) is 0.187. The number of hydrogen-bond donors (Lipinski definition) is 2. The highest BCUT2D eigenvalue weighted by Gasteiger charge is 2.48. The number of esters is 2. The molecule has 12 heteroatoms. The van der Waals surface area contributed by atoms with E-state index >= 15 is 0 Å². The smallest absolute Gasteiger partial charge is 0.347 e. The maximum Gasteiger partial charge on any atom is 0.347 e. The average Bonchev–Trinajstić information content (AvgIpc) is 3.86. The van der Waals surface area contributed by atoms with Crippen LogP contribution >= 0.6 is 23.2 Å². The van der Waals surface area contributed by atoms with Crippen LogP contribution in [0.5, 0.6) is 5.75 Å². The number of hydrogen-bond acceptors (Lipinski definition) is 8. The Kier molecular flexibility index (Phi) is 13.2. The minimum Gasteiger partial charge on any atom is -0.495 e. The number of carbonyl (C=O) groups excluding carboxylic acids is 4. The van der Waals surface area contributed by atoms with Gasteiger partial charge in [-0.1, -0.05) is 68.8 Å². The van der Waals surface area contributed by atoms with Crippen molar-refractivity contribution >= 4 is 47.0 Å². The van der Waals surface area contributed by atoms with Crippen LogP contribution in [0.25, 0.3) is 0 Å². The summed E-state index contributed by atoms with van der Waals surface area (Å²) in [6, 6.07) is 12.0. The molecule has 0 spiro atoms. The second kappa shape index (κ2) is 16.9. The van der Waals surface area contributed by atoms with E-state index in [1.807, 2.05) is 45.0 Å². The summed E-state index contributed by atoms with van der Waals surface area (Å²) in [5, 5.41) is 5.90. The van der Waals surface area contributed by atoms with E-state index in [-0.39, 0.29) is 49.9 Å². The van der Waals surface area contributed by atoms with Crippen molar-refractivity contribution in [3.05, 3.63) is 76.3 Å². The number of rotatable bonds is 9. The van der Waals surface area contributed by atoms with Gasteiger partial charge in [0.05, 0.1) is 23.7 Å². The normalized spacial score (nSPS) is 26.2. The Hall–Kier alpha value is -3.60. The van der Waals surface area contributed by atoms with E-state index in [4.69, 9.17) is 42.1 Å². The van der Waals surface area contributed by atoms with Gasteiger partial charge in [0.1, 0.15) is 24.0 Å². The fraction of sp³-hybridized carbons (Fsp3) is 0.514. The first-order chi connectivity index (χ1) is 23.2. The molecule has 2 heterocycles. The number of carbonyl (C=O) groups is 4. The molecule has 1 fully saturated rings. The Morgan fingerprint density at radius 3 is 2.33 bits per heavy atom. The Morgan fingerprint density at radius 2 is 1.69 bits per heavy atom. The zero-order chi connectivity index (χ0) is 35.9. The second-order valence-corrected chi connectivity index (χ2v) is 14.4. The van der Waals surface area contributed by atoms with Crippen LogP contribution in [0.15, 0.2) is 54.6 Å². The maximum absolute atomic E-state index is 13.6. The predicted octanol–water partition coefficient (Wildman–Crippen LogP) is 5.86. The minimum atomic E-state index is -1.21.